The van der Waals surface area contributed by atoms with Crippen molar-refractivity contribution >= 4 is 0 Å². The van der Waals surface area contributed by atoms with Crippen molar-refractivity contribution in [3.05, 3.63) is 239 Å². The molecule has 0 spiro atoms. The second-order valence-electron chi connectivity index (χ2n) is 16.6. The minimum atomic E-state index is 0.822. The summed E-state index contributed by atoms with van der Waals surface area (Å²) in [7, 11) is 0. The van der Waals surface area contributed by atoms with Crippen LogP contribution in [0.3, 0.4) is 0 Å². The second kappa shape index (κ2) is 40.2. The summed E-state index contributed by atoms with van der Waals surface area (Å²) in [6.07, 6.45) is 30.8. The van der Waals surface area contributed by atoms with Gasteiger partial charge in [-0.15, -0.1) is 0 Å². The molecule has 0 saturated carbocycles. The van der Waals surface area contributed by atoms with Gasteiger partial charge in [0.25, 0.3) is 0 Å². The fraction of sp³-hybridized carbons (Fsp3) is 0.298. The van der Waals surface area contributed by atoms with Crippen molar-refractivity contribution < 1.29 is 0 Å². The summed E-state index contributed by atoms with van der Waals surface area (Å²) >= 11 is 0. The maximum atomic E-state index is 4.06. The Balaban J connectivity index is 0.000000428. The minimum Gasteiger partial charge on any atom is -0.245 e. The number of aryl methyl sites for hydroxylation is 17. The average molecular weight is 1040 g/mol. The van der Waals surface area contributed by atoms with Gasteiger partial charge in [-0.3, -0.25) is 0 Å². The van der Waals surface area contributed by atoms with E-state index in [1.807, 2.05) is 179 Å². The average Bonchev–Trinajstić information content (AvgIpc) is 3.40. The summed E-state index contributed by atoms with van der Waals surface area (Å²) < 4.78 is 0. The first-order chi connectivity index (χ1) is 36.7. The van der Waals surface area contributed by atoms with Gasteiger partial charge in [0.1, 0.15) is 60.8 Å². The van der Waals surface area contributed by atoms with Crippen LogP contribution in [-0.4, -0.2) is 99.7 Å². The highest BCUT2D eigenvalue weighted by Gasteiger charge is 1.89. The Kier molecular flexibility index (Phi) is 34.4. The molecule has 20 nitrogen and oxygen atoms in total. The van der Waals surface area contributed by atoms with Crippen LogP contribution < -0.4 is 0 Å². The van der Waals surface area contributed by atoms with E-state index in [9.17, 15) is 0 Å². The van der Waals surface area contributed by atoms with Gasteiger partial charge in [0.05, 0.1) is 0 Å². The van der Waals surface area contributed by atoms with Gasteiger partial charge in [-0.1, -0.05) is 0 Å². The predicted octanol–water partition coefficient (Wildman–Crippen LogP) is 10.0. The second-order valence-corrected chi connectivity index (χ2v) is 16.6. The van der Waals surface area contributed by atoms with E-state index in [0.717, 1.165) is 96.8 Å². The van der Waals surface area contributed by atoms with Gasteiger partial charge in [-0.05, 0) is 176 Å². The highest BCUT2D eigenvalue weighted by Crippen LogP contribution is 1.98. The number of aromatic nitrogens is 20. The van der Waals surface area contributed by atoms with Crippen molar-refractivity contribution in [3.8, 4) is 0 Å². The van der Waals surface area contributed by atoms with Crippen molar-refractivity contribution in [2.24, 2.45) is 0 Å². The topological polar surface area (TPSA) is 258 Å². The lowest BCUT2D eigenvalue weighted by atomic mass is 10.3. The molecule has 0 aliphatic rings. The molecule has 20 heteroatoms. The first-order valence-electron chi connectivity index (χ1n) is 24.2. The van der Waals surface area contributed by atoms with Gasteiger partial charge in [0.15, 0.2) is 0 Å². The Morgan fingerprint density at radius 1 is 0.247 bits per heavy atom. The first kappa shape index (κ1) is 65.8. The molecule has 10 aromatic rings. The molecule has 0 unspecified atom stereocenters. The van der Waals surface area contributed by atoms with E-state index >= 15 is 0 Å². The zero-order valence-corrected chi connectivity index (χ0v) is 47.7. The van der Waals surface area contributed by atoms with E-state index in [1.165, 1.54) is 12.7 Å². The molecule has 0 aliphatic carbocycles. The Morgan fingerprint density at radius 2 is 0.597 bits per heavy atom. The highest BCUT2D eigenvalue weighted by atomic mass is 14.9. The van der Waals surface area contributed by atoms with Crippen LogP contribution >= 0.6 is 0 Å². The molecular formula is C57H74N20. The molecule has 77 heavy (non-hydrogen) atoms. The summed E-state index contributed by atoms with van der Waals surface area (Å²) in [5.74, 6) is 4.16. The SMILES string of the molecule is Cc1cc(C)ncn1.Cc1ccnc(C)n1.Cc1ccnc(C)n1.Cc1ccncn1.Cc1cnc(C)nc1.Cc1cnc(C)nc1.Cc1cncnc1.Cc1cncnc1C.Cc1cncnc1C.Cc1ncccn1. The standard InChI is InChI=1S/7C6H8N2.3C5H6N2/c2*1-5-3-7-4-8-6(5)2;1-5-3-6(2)8-4-7-5;2*1-5-3-7-6(2)8-4-5;2*1-5-3-4-7-6(2)8-5;1-5-2-6-4-7-3-5;1-5-2-3-6-4-7-5;1-5-6-3-2-4-7-5/h7*3-4H,1-2H3;3*2-4H,1H3. The van der Waals surface area contributed by atoms with Crippen LogP contribution in [0.5, 0.6) is 0 Å². The fourth-order valence-corrected chi connectivity index (χ4v) is 4.68. The molecule has 10 rings (SSSR count). The molecule has 10 heterocycles. The Labute approximate surface area is 455 Å². The zero-order valence-electron chi connectivity index (χ0n) is 47.7. The Morgan fingerprint density at radius 3 is 0.818 bits per heavy atom. The van der Waals surface area contributed by atoms with E-state index in [-0.39, 0.29) is 0 Å². The molecular weight excluding hydrogens is 965 g/mol. The van der Waals surface area contributed by atoms with Gasteiger partial charge in [0.2, 0.25) is 0 Å². The maximum absolute atomic E-state index is 4.06. The Bertz CT molecular complexity index is 2630. The van der Waals surface area contributed by atoms with E-state index in [4.69, 9.17) is 0 Å². The van der Waals surface area contributed by atoms with Crippen molar-refractivity contribution in [2.45, 2.75) is 118 Å². The third-order valence-electron chi connectivity index (χ3n) is 9.02. The minimum absolute atomic E-state index is 0.822. The van der Waals surface area contributed by atoms with Crippen LogP contribution in [0.25, 0.3) is 0 Å². The van der Waals surface area contributed by atoms with Crippen molar-refractivity contribution in [1.82, 2.24) is 99.7 Å². The summed E-state index contributed by atoms with van der Waals surface area (Å²) in [4.78, 5) is 78.2. The van der Waals surface area contributed by atoms with Crippen LogP contribution in [0.2, 0.25) is 0 Å². The lowest BCUT2D eigenvalue weighted by Gasteiger charge is -1.91. The quantitative estimate of drug-likeness (QED) is 0.137. The molecule has 10 aromatic heterocycles. The largest absolute Gasteiger partial charge is 0.245 e. The van der Waals surface area contributed by atoms with Gasteiger partial charge < -0.3 is 0 Å². The van der Waals surface area contributed by atoms with Gasteiger partial charge in [-0.25, -0.2) is 99.7 Å². The fourth-order valence-electron chi connectivity index (χ4n) is 4.68. The summed E-state index contributed by atoms with van der Waals surface area (Å²) in [6.45, 7) is 32.9. The monoisotopic (exact) mass is 1040 g/mol. The maximum Gasteiger partial charge on any atom is 0.125 e. The predicted molar refractivity (Wildman–Crippen MR) is 301 cm³/mol. The summed E-state index contributed by atoms with van der Waals surface area (Å²) in [5.41, 5.74) is 12.8. The molecule has 402 valence electrons. The number of nitrogens with zero attached hydrogens (tertiary/aromatic N) is 20. The third-order valence-corrected chi connectivity index (χ3v) is 9.02. The van der Waals surface area contributed by atoms with Gasteiger partial charge >= 0.3 is 0 Å². The van der Waals surface area contributed by atoms with Crippen LogP contribution in [0.1, 0.15) is 96.8 Å². The lowest BCUT2D eigenvalue weighted by Crippen LogP contribution is -1.86. The molecule has 0 fully saturated rings. The molecule has 0 aromatic carbocycles. The number of hydrogen-bond acceptors (Lipinski definition) is 20. The highest BCUT2D eigenvalue weighted by molar-refractivity contribution is 5.11. The van der Waals surface area contributed by atoms with Crippen LogP contribution in [0.4, 0.5) is 0 Å². The first-order valence-corrected chi connectivity index (χ1v) is 24.2. The normalized spacial score (nSPS) is 9.10. The molecule has 0 atom stereocenters. The van der Waals surface area contributed by atoms with Crippen LogP contribution in [-0.2, 0) is 0 Å². The molecule has 0 N–H and O–H groups in total. The van der Waals surface area contributed by atoms with E-state index in [0.29, 0.717) is 0 Å². The summed E-state index contributed by atoms with van der Waals surface area (Å²) in [6, 6.07) is 9.37. The zero-order chi connectivity index (χ0) is 57.2. The molecule has 0 radical (unpaired) electrons. The lowest BCUT2D eigenvalue weighted by molar-refractivity contribution is 1.01. The van der Waals surface area contributed by atoms with Crippen LogP contribution in [0, 0.1) is 118 Å². The Hall–Kier alpha value is -9.20. The van der Waals surface area contributed by atoms with Gasteiger partial charge in [-0.2, -0.15) is 0 Å². The van der Waals surface area contributed by atoms with Crippen molar-refractivity contribution in [1.29, 1.82) is 0 Å². The van der Waals surface area contributed by atoms with Crippen molar-refractivity contribution in [3.63, 3.8) is 0 Å². The summed E-state index contributed by atoms with van der Waals surface area (Å²) in [5, 5.41) is 0. The number of rotatable bonds is 0. The number of hydrogen-bond donors (Lipinski definition) is 0. The molecule has 0 amide bonds. The molecule has 0 bridgehead atoms. The van der Waals surface area contributed by atoms with E-state index in [1.54, 1.807) is 68.4 Å². The van der Waals surface area contributed by atoms with E-state index in [2.05, 4.69) is 99.7 Å². The van der Waals surface area contributed by atoms with Crippen molar-refractivity contribution in [2.75, 3.05) is 0 Å². The molecule has 0 saturated heterocycles. The molecule has 0 aliphatic heterocycles. The smallest absolute Gasteiger partial charge is 0.125 e. The van der Waals surface area contributed by atoms with Gasteiger partial charge in [0, 0.05) is 120 Å². The van der Waals surface area contributed by atoms with Crippen LogP contribution in [0.15, 0.2) is 143 Å². The third kappa shape index (κ3) is 37.2. The van der Waals surface area contributed by atoms with E-state index < -0.39 is 0 Å².